The molecule has 5 N–H and O–H groups in total. The van der Waals surface area contributed by atoms with Gasteiger partial charge in [0.15, 0.2) is 0 Å². The van der Waals surface area contributed by atoms with Gasteiger partial charge in [-0.25, -0.2) is 0 Å². The second kappa shape index (κ2) is 15.4. The van der Waals surface area contributed by atoms with Gasteiger partial charge >= 0.3 is 0 Å². The molecule has 0 spiro atoms. The van der Waals surface area contributed by atoms with Gasteiger partial charge in [-0.1, -0.05) is 55.2 Å². The number of hydrogen-bond donors (Lipinski definition) is 5. The summed E-state index contributed by atoms with van der Waals surface area (Å²) in [7, 11) is 2.02. The third kappa shape index (κ3) is 7.33. The average Bonchev–Trinajstić information content (AvgIpc) is 3.66. The van der Waals surface area contributed by atoms with Crippen molar-refractivity contribution in [3.05, 3.63) is 95.1 Å². The van der Waals surface area contributed by atoms with E-state index in [1.807, 2.05) is 55.6 Å². The van der Waals surface area contributed by atoms with Crippen LogP contribution in [0.5, 0.6) is 5.75 Å². The molecule has 3 aromatic rings. The summed E-state index contributed by atoms with van der Waals surface area (Å²) in [5.74, 6) is 7.40. The number of fused-ring (bicyclic) bond motifs is 5. The smallest absolute Gasteiger partial charge is 0.240 e. The van der Waals surface area contributed by atoms with Gasteiger partial charge in [0.25, 0.3) is 0 Å². The fourth-order valence-corrected chi connectivity index (χ4v) is 10.2. The zero-order valence-electron chi connectivity index (χ0n) is 31.2. The van der Waals surface area contributed by atoms with Gasteiger partial charge in [0.2, 0.25) is 5.91 Å². The number of nitrogens with zero attached hydrogens (tertiary/aromatic N) is 2. The van der Waals surface area contributed by atoms with Gasteiger partial charge in [0.05, 0.1) is 19.3 Å². The first-order chi connectivity index (χ1) is 25.5. The first-order valence-corrected chi connectivity index (χ1v) is 19.4. The van der Waals surface area contributed by atoms with E-state index >= 15 is 0 Å². The van der Waals surface area contributed by atoms with E-state index in [4.69, 9.17) is 4.84 Å². The third-order valence-corrected chi connectivity index (χ3v) is 13.1. The SMILES string of the molecule is C[C@H](O)[C@@H]1[C@H](CO)ON(Cc2cccc(C#C[C@]3(O)CC[C@H]4[C@@H]5CCc6ccc(O)cc6[C@H]5CC[C@@]43C)c2)[C@@H]1C(=O)NCCCN(C)c1ccccc1. The van der Waals surface area contributed by atoms with Gasteiger partial charge in [-0.2, -0.15) is 5.06 Å². The minimum Gasteiger partial charge on any atom is -0.508 e. The van der Waals surface area contributed by atoms with E-state index < -0.39 is 29.8 Å². The highest BCUT2D eigenvalue weighted by Crippen LogP contribution is 2.64. The van der Waals surface area contributed by atoms with Crippen LogP contribution in [0.2, 0.25) is 0 Å². The van der Waals surface area contributed by atoms with E-state index in [9.17, 15) is 25.2 Å². The second-order valence-corrected chi connectivity index (χ2v) is 16.2. The Labute approximate surface area is 313 Å². The molecule has 1 amide bonds. The molecule has 0 unspecified atom stereocenters. The number of aryl methyl sites for hydroxylation is 1. The lowest BCUT2D eigenvalue weighted by atomic mass is 9.53. The summed E-state index contributed by atoms with van der Waals surface area (Å²) < 4.78 is 0. The van der Waals surface area contributed by atoms with Crippen LogP contribution in [0.3, 0.4) is 0 Å². The van der Waals surface area contributed by atoms with Crippen molar-refractivity contribution in [1.82, 2.24) is 10.4 Å². The fraction of sp³-hybridized carbons (Fsp3) is 0.523. The van der Waals surface area contributed by atoms with Gasteiger partial charge in [0.1, 0.15) is 23.5 Å². The zero-order valence-corrected chi connectivity index (χ0v) is 31.2. The van der Waals surface area contributed by atoms with Crippen LogP contribution in [-0.4, -0.2) is 82.0 Å². The Bertz CT molecular complexity index is 1820. The van der Waals surface area contributed by atoms with Crippen molar-refractivity contribution in [2.45, 2.75) is 95.1 Å². The summed E-state index contributed by atoms with van der Waals surface area (Å²) in [5, 5.41) is 48.0. The first-order valence-electron chi connectivity index (χ1n) is 19.4. The molecule has 282 valence electrons. The van der Waals surface area contributed by atoms with E-state index in [-0.39, 0.29) is 24.5 Å². The molecule has 9 heteroatoms. The second-order valence-electron chi connectivity index (χ2n) is 16.2. The molecule has 0 radical (unpaired) electrons. The summed E-state index contributed by atoms with van der Waals surface area (Å²) in [6.45, 7) is 5.03. The van der Waals surface area contributed by atoms with Gasteiger partial charge in [-0.05, 0) is 123 Å². The highest BCUT2D eigenvalue weighted by molar-refractivity contribution is 5.82. The maximum absolute atomic E-state index is 13.7. The Morgan fingerprint density at radius 3 is 2.66 bits per heavy atom. The number of carbonyl (C=O) groups excluding carboxylic acids is 1. The van der Waals surface area contributed by atoms with Gasteiger partial charge in [-0.3, -0.25) is 9.63 Å². The van der Waals surface area contributed by atoms with Crippen molar-refractivity contribution in [2.24, 2.45) is 23.2 Å². The van der Waals surface area contributed by atoms with Crippen LogP contribution >= 0.6 is 0 Å². The third-order valence-electron chi connectivity index (χ3n) is 13.1. The van der Waals surface area contributed by atoms with Crippen LogP contribution in [0.25, 0.3) is 0 Å². The minimum absolute atomic E-state index is 0.246. The molecule has 3 aliphatic carbocycles. The van der Waals surface area contributed by atoms with Crippen LogP contribution < -0.4 is 10.2 Å². The summed E-state index contributed by atoms with van der Waals surface area (Å²) in [5.41, 5.74) is 3.97. The number of benzene rings is 3. The molecule has 53 heavy (non-hydrogen) atoms. The lowest BCUT2D eigenvalue weighted by Crippen LogP contribution is -2.50. The molecule has 2 saturated carbocycles. The van der Waals surface area contributed by atoms with Crippen LogP contribution in [-0.2, 0) is 22.6 Å². The summed E-state index contributed by atoms with van der Waals surface area (Å²) in [6.07, 6.45) is 4.69. The topological polar surface area (TPSA) is 126 Å². The van der Waals surface area contributed by atoms with Crippen molar-refractivity contribution >= 4 is 11.6 Å². The van der Waals surface area contributed by atoms with Crippen LogP contribution in [0, 0.1) is 35.0 Å². The fourth-order valence-electron chi connectivity index (χ4n) is 10.2. The predicted octanol–water partition coefficient (Wildman–Crippen LogP) is 5.15. The summed E-state index contributed by atoms with van der Waals surface area (Å²) >= 11 is 0. The molecule has 1 aliphatic heterocycles. The van der Waals surface area contributed by atoms with Crippen molar-refractivity contribution in [1.29, 1.82) is 0 Å². The number of aliphatic hydroxyl groups excluding tert-OH is 2. The quantitative estimate of drug-likeness (QED) is 0.144. The minimum atomic E-state index is -1.10. The van der Waals surface area contributed by atoms with E-state index in [0.29, 0.717) is 36.5 Å². The van der Waals surface area contributed by atoms with Gasteiger partial charge in [0, 0.05) is 42.7 Å². The Morgan fingerprint density at radius 1 is 1.08 bits per heavy atom. The monoisotopic (exact) mass is 721 g/mol. The average molecular weight is 722 g/mol. The molecule has 1 heterocycles. The van der Waals surface area contributed by atoms with Crippen LogP contribution in [0.4, 0.5) is 5.69 Å². The molecule has 9 nitrogen and oxygen atoms in total. The van der Waals surface area contributed by atoms with Crippen molar-refractivity contribution in [3.8, 4) is 17.6 Å². The van der Waals surface area contributed by atoms with E-state index in [1.165, 1.54) is 11.1 Å². The molecule has 9 atom stereocenters. The maximum atomic E-state index is 13.7. The Morgan fingerprint density at radius 2 is 1.89 bits per heavy atom. The number of amides is 1. The Kier molecular flexibility index (Phi) is 10.9. The lowest BCUT2D eigenvalue weighted by Gasteiger charge is -2.52. The molecule has 0 bridgehead atoms. The number of nitrogens with one attached hydrogen (secondary N) is 1. The molecule has 3 aromatic carbocycles. The summed E-state index contributed by atoms with van der Waals surface area (Å²) in [6, 6.07) is 22.9. The largest absolute Gasteiger partial charge is 0.508 e. The molecule has 3 fully saturated rings. The molecule has 4 aliphatic rings. The highest BCUT2D eigenvalue weighted by Gasteiger charge is 2.61. The molecule has 7 rings (SSSR count). The lowest BCUT2D eigenvalue weighted by molar-refractivity contribution is -0.181. The maximum Gasteiger partial charge on any atom is 0.240 e. The predicted molar refractivity (Wildman–Crippen MR) is 205 cm³/mol. The Balaban J connectivity index is 1.03. The number of hydrogen-bond acceptors (Lipinski definition) is 8. The molecular weight excluding hydrogens is 666 g/mol. The number of hydroxylamine groups is 2. The van der Waals surface area contributed by atoms with Crippen LogP contribution in [0.1, 0.15) is 80.5 Å². The molecule has 0 aromatic heterocycles. The van der Waals surface area contributed by atoms with Crippen molar-refractivity contribution < 1.29 is 30.1 Å². The zero-order chi connectivity index (χ0) is 37.3. The number of aromatic hydroxyl groups is 1. The number of phenolic OH excluding ortho intramolecular Hbond substituents is 1. The number of phenols is 1. The van der Waals surface area contributed by atoms with E-state index in [1.54, 1.807) is 18.1 Å². The number of anilines is 1. The Hall–Kier alpha value is -3.91. The molecule has 1 saturated heterocycles. The van der Waals surface area contributed by atoms with Gasteiger partial charge in [-0.15, -0.1) is 0 Å². The van der Waals surface area contributed by atoms with Crippen molar-refractivity contribution in [2.75, 3.05) is 31.6 Å². The number of carbonyl (C=O) groups is 1. The van der Waals surface area contributed by atoms with Crippen molar-refractivity contribution in [3.63, 3.8) is 0 Å². The van der Waals surface area contributed by atoms with Crippen LogP contribution in [0.15, 0.2) is 72.8 Å². The normalized spacial score (nSPS) is 31.1. The summed E-state index contributed by atoms with van der Waals surface area (Å²) in [4.78, 5) is 22.0. The molecular formula is C44H55N3O6. The highest BCUT2D eigenvalue weighted by atomic mass is 16.7. The van der Waals surface area contributed by atoms with Gasteiger partial charge < -0.3 is 30.6 Å². The standard InChI is InChI=1S/C44H55N3O6/c1-29(49)40-39(28-48)53-47(41(40)42(51)45-23-8-24-46(3)33-11-5-4-6-12-33)27-31-10-7-9-30(25-31)17-21-44(52)22-19-38-36-16-14-32-13-15-34(50)26-37(32)35(36)18-20-43(38,44)2/h4-7,9-13,15,25-26,29,35-36,38-41,48-50,52H,8,14,16,18-20,22-24,27-28H2,1-3H3,(H,45,51)/t29-,35-,36+,38-,39-,40+,41-,43-,44-/m0/s1. The first kappa shape index (κ1) is 37.4. The number of para-hydroxylation sites is 1. The number of aliphatic hydroxyl groups is 3. The van der Waals surface area contributed by atoms with E-state index in [0.717, 1.165) is 61.9 Å². The number of rotatable bonds is 10. The van der Waals surface area contributed by atoms with E-state index in [2.05, 4.69) is 47.2 Å².